The van der Waals surface area contributed by atoms with Gasteiger partial charge >= 0.3 is 6.16 Å². The summed E-state index contributed by atoms with van der Waals surface area (Å²) >= 11 is 0. The highest BCUT2D eigenvalue weighted by atomic mass is 16.7. The van der Waals surface area contributed by atoms with Crippen LogP contribution >= 0.6 is 0 Å². The van der Waals surface area contributed by atoms with Crippen LogP contribution in [0.5, 0.6) is 0 Å². The van der Waals surface area contributed by atoms with Gasteiger partial charge in [0.05, 0.1) is 6.54 Å². The van der Waals surface area contributed by atoms with E-state index in [0.717, 1.165) is 37.7 Å². The van der Waals surface area contributed by atoms with Crippen molar-refractivity contribution in [2.45, 2.75) is 71.1 Å². The molecule has 1 saturated carbocycles. The topological polar surface area (TPSA) is 133 Å². The van der Waals surface area contributed by atoms with Crippen molar-refractivity contribution in [3.05, 3.63) is 56.8 Å². The van der Waals surface area contributed by atoms with Crippen molar-refractivity contribution in [3.63, 3.8) is 0 Å². The number of hydrogen-bond acceptors (Lipinski definition) is 5. The second-order valence-electron chi connectivity index (χ2n) is 6.58. The minimum absolute atomic E-state index is 0.0242. The molecule has 0 spiro atoms. The summed E-state index contributed by atoms with van der Waals surface area (Å²) in [7, 11) is 0. The number of nitrogens with zero attached hydrogens (tertiary/aromatic N) is 6. The molecule has 0 bridgehead atoms. The fourth-order valence-electron chi connectivity index (χ4n) is 3.37. The van der Waals surface area contributed by atoms with Gasteiger partial charge in [0, 0.05) is 15.9 Å². The van der Waals surface area contributed by atoms with Gasteiger partial charge in [-0.15, -0.1) is 0 Å². The molecule has 158 valence electrons. The molecule has 0 amide bonds. The van der Waals surface area contributed by atoms with Crippen LogP contribution in [0.1, 0.15) is 57.9 Å². The van der Waals surface area contributed by atoms with E-state index in [1.54, 1.807) is 0 Å². The molecule has 0 heterocycles. The maximum Gasteiger partial charge on any atom is 0.508 e. The molecule has 1 unspecified atom stereocenters. The number of carbonyl (C=O) groups excluding carboxylic acids is 1. The van der Waals surface area contributed by atoms with E-state index in [1.807, 2.05) is 44.2 Å². The first-order valence-electron chi connectivity index (χ1n) is 10.1. The second kappa shape index (κ2) is 15.1. The lowest BCUT2D eigenvalue weighted by molar-refractivity contribution is 0.0125. The number of benzene rings is 1. The van der Waals surface area contributed by atoms with E-state index in [1.165, 1.54) is 0 Å². The van der Waals surface area contributed by atoms with Gasteiger partial charge in [-0.3, -0.25) is 0 Å². The summed E-state index contributed by atoms with van der Waals surface area (Å²) < 4.78 is 10.5. The zero-order valence-electron chi connectivity index (χ0n) is 17.2. The molecule has 0 radical (unpaired) electrons. The first-order chi connectivity index (χ1) is 14.2. The van der Waals surface area contributed by atoms with Crippen LogP contribution in [0, 0.1) is 5.92 Å². The lowest BCUT2D eigenvalue weighted by Crippen LogP contribution is -2.28. The highest BCUT2D eigenvalue weighted by Crippen LogP contribution is 2.30. The average Bonchev–Trinajstić information content (AvgIpc) is 2.98. The van der Waals surface area contributed by atoms with E-state index in [9.17, 15) is 4.79 Å². The SMILES string of the molecule is CC.[N-]=[N+]=NCC(C[C@@H]1CCCCC[C@H]1N=[N+]=[N-])OC(=O)OCc1ccccc1. The first-order valence-corrected chi connectivity index (χ1v) is 10.1. The monoisotopic (exact) mass is 402 g/mol. The van der Waals surface area contributed by atoms with Crippen LogP contribution in [0.25, 0.3) is 20.9 Å². The van der Waals surface area contributed by atoms with E-state index >= 15 is 0 Å². The Kier molecular flexibility index (Phi) is 12.6. The average molecular weight is 402 g/mol. The fourth-order valence-corrected chi connectivity index (χ4v) is 3.37. The molecule has 0 saturated heterocycles. The van der Waals surface area contributed by atoms with E-state index in [-0.39, 0.29) is 25.1 Å². The molecule has 0 aliphatic heterocycles. The van der Waals surface area contributed by atoms with Crippen LogP contribution < -0.4 is 0 Å². The first kappa shape index (κ1) is 24.1. The standard InChI is InChI=1S/C18H24N6O3.C2H6/c19-23-21-12-16(11-15-9-5-2-6-10-17(15)22-24-20)27-18(25)26-13-14-7-3-1-4-8-14;1-2/h1,3-4,7-8,15-17H,2,5-6,9-13H2;1-2H3/t15-,16?,17+;/m0./s1. The van der Waals surface area contributed by atoms with Gasteiger partial charge in [-0.2, -0.15) is 0 Å². The molecule has 1 aromatic carbocycles. The molecule has 29 heavy (non-hydrogen) atoms. The van der Waals surface area contributed by atoms with Gasteiger partial charge in [-0.05, 0) is 41.8 Å². The van der Waals surface area contributed by atoms with E-state index in [4.69, 9.17) is 20.5 Å². The molecule has 9 heteroatoms. The Morgan fingerprint density at radius 3 is 2.55 bits per heavy atom. The van der Waals surface area contributed by atoms with Crippen molar-refractivity contribution in [3.8, 4) is 0 Å². The van der Waals surface area contributed by atoms with Gasteiger partial charge in [0.1, 0.15) is 12.7 Å². The summed E-state index contributed by atoms with van der Waals surface area (Å²) in [5.74, 6) is 0.0872. The van der Waals surface area contributed by atoms with Crippen LogP contribution in [-0.4, -0.2) is 24.8 Å². The molecule has 3 atom stereocenters. The number of rotatable bonds is 8. The summed E-state index contributed by atoms with van der Waals surface area (Å²) in [4.78, 5) is 17.8. The molecule has 0 N–H and O–H groups in total. The van der Waals surface area contributed by atoms with Crippen molar-refractivity contribution in [1.82, 2.24) is 0 Å². The zero-order chi connectivity index (χ0) is 21.3. The Bertz CT molecular complexity index is 687. The molecule has 1 aliphatic rings. The number of ether oxygens (including phenoxy) is 2. The van der Waals surface area contributed by atoms with Gasteiger partial charge in [0.15, 0.2) is 0 Å². The molecular weight excluding hydrogens is 372 g/mol. The maximum atomic E-state index is 12.0. The normalized spacial score (nSPS) is 19.1. The summed E-state index contributed by atoms with van der Waals surface area (Å²) in [6, 6.07) is 9.16. The Hall–Kier alpha value is -2.89. The third-order valence-corrected chi connectivity index (χ3v) is 4.70. The van der Waals surface area contributed by atoms with E-state index in [0.29, 0.717) is 6.42 Å². The fraction of sp³-hybridized carbons (Fsp3) is 0.650. The Morgan fingerprint density at radius 1 is 1.14 bits per heavy atom. The van der Waals surface area contributed by atoms with Crippen molar-refractivity contribution in [2.75, 3.05) is 6.54 Å². The minimum atomic E-state index is -0.800. The molecule has 1 aliphatic carbocycles. The maximum absolute atomic E-state index is 12.0. The smallest absolute Gasteiger partial charge is 0.431 e. The van der Waals surface area contributed by atoms with Gasteiger partial charge in [-0.25, -0.2) is 4.79 Å². The lowest BCUT2D eigenvalue weighted by atomic mass is 9.89. The predicted molar refractivity (Wildman–Crippen MR) is 111 cm³/mol. The predicted octanol–water partition coefficient (Wildman–Crippen LogP) is 6.69. The minimum Gasteiger partial charge on any atom is -0.431 e. The van der Waals surface area contributed by atoms with Crippen LogP contribution in [-0.2, 0) is 16.1 Å². The van der Waals surface area contributed by atoms with Crippen molar-refractivity contribution in [2.24, 2.45) is 16.1 Å². The van der Waals surface area contributed by atoms with E-state index in [2.05, 4.69) is 20.1 Å². The Balaban J connectivity index is 0.00000204. The van der Waals surface area contributed by atoms with Gasteiger partial charge in [0.2, 0.25) is 0 Å². The van der Waals surface area contributed by atoms with Crippen molar-refractivity contribution < 1.29 is 14.3 Å². The van der Waals surface area contributed by atoms with Crippen LogP contribution in [0.4, 0.5) is 4.79 Å². The third kappa shape index (κ3) is 9.74. The molecule has 1 fully saturated rings. The number of azide groups is 2. The summed E-state index contributed by atoms with van der Waals surface area (Å²) in [6.45, 7) is 4.13. The van der Waals surface area contributed by atoms with Crippen molar-refractivity contribution >= 4 is 6.16 Å². The highest BCUT2D eigenvalue weighted by Gasteiger charge is 2.27. The van der Waals surface area contributed by atoms with Crippen LogP contribution in [0.3, 0.4) is 0 Å². The molecule has 9 nitrogen and oxygen atoms in total. The van der Waals surface area contributed by atoms with Gasteiger partial charge in [-0.1, -0.05) is 73.7 Å². The summed E-state index contributed by atoms with van der Waals surface area (Å²) in [5.41, 5.74) is 18.3. The largest absolute Gasteiger partial charge is 0.508 e. The van der Waals surface area contributed by atoms with Gasteiger partial charge in [0.25, 0.3) is 0 Å². The number of hydrogen-bond donors (Lipinski definition) is 0. The highest BCUT2D eigenvalue weighted by molar-refractivity contribution is 5.60. The third-order valence-electron chi connectivity index (χ3n) is 4.70. The molecule has 1 aromatic rings. The van der Waals surface area contributed by atoms with E-state index < -0.39 is 12.3 Å². The lowest BCUT2D eigenvalue weighted by Gasteiger charge is -2.25. The quantitative estimate of drug-likeness (QED) is 0.157. The summed E-state index contributed by atoms with van der Waals surface area (Å²) in [5, 5.41) is 7.47. The number of carbonyl (C=O) groups is 1. The van der Waals surface area contributed by atoms with Gasteiger partial charge < -0.3 is 9.47 Å². The summed E-state index contributed by atoms with van der Waals surface area (Å²) in [6.07, 6.45) is 3.92. The van der Waals surface area contributed by atoms with Crippen LogP contribution in [0.15, 0.2) is 40.6 Å². The molecule has 0 aromatic heterocycles. The van der Waals surface area contributed by atoms with Crippen LogP contribution in [0.2, 0.25) is 0 Å². The second-order valence-corrected chi connectivity index (χ2v) is 6.58. The Labute approximate surface area is 171 Å². The van der Waals surface area contributed by atoms with Crippen molar-refractivity contribution in [1.29, 1.82) is 0 Å². The molecular formula is C20H30N6O3. The molecule has 2 rings (SSSR count). The Morgan fingerprint density at radius 2 is 1.86 bits per heavy atom. The zero-order valence-corrected chi connectivity index (χ0v) is 17.2.